The zero-order valence-electron chi connectivity index (χ0n) is 12.3. The Morgan fingerprint density at radius 1 is 0.895 bits per heavy atom. The molecule has 2 nitrogen and oxygen atoms in total. The molecule has 0 spiro atoms. The van der Waals surface area contributed by atoms with Gasteiger partial charge in [-0.25, -0.2) is 0 Å². The van der Waals surface area contributed by atoms with E-state index in [1.54, 1.807) is 24.3 Å². The van der Waals surface area contributed by atoms with Crippen molar-refractivity contribution in [2.24, 2.45) is 17.8 Å². The minimum absolute atomic E-state index is 0.146. The third-order valence-corrected chi connectivity index (χ3v) is 3.14. The first kappa shape index (κ1) is 15.6. The summed E-state index contributed by atoms with van der Waals surface area (Å²) in [5.41, 5.74) is 0.505. The average molecular weight is 260 g/mol. The van der Waals surface area contributed by atoms with Crippen LogP contribution in [0.3, 0.4) is 0 Å². The van der Waals surface area contributed by atoms with Gasteiger partial charge in [-0.15, -0.1) is 0 Å². The van der Waals surface area contributed by atoms with Crippen molar-refractivity contribution in [2.75, 3.05) is 0 Å². The highest BCUT2D eigenvalue weighted by molar-refractivity contribution is 6.44. The molecule has 0 aliphatic heterocycles. The van der Waals surface area contributed by atoms with Crippen LogP contribution in [0.5, 0.6) is 0 Å². The molecule has 0 aliphatic carbocycles. The van der Waals surface area contributed by atoms with Gasteiger partial charge >= 0.3 is 0 Å². The molecule has 0 N–H and O–H groups in total. The van der Waals surface area contributed by atoms with Gasteiger partial charge in [0.05, 0.1) is 0 Å². The minimum atomic E-state index is -0.341. The molecule has 1 rings (SSSR count). The van der Waals surface area contributed by atoms with Crippen LogP contribution < -0.4 is 0 Å². The van der Waals surface area contributed by atoms with Crippen molar-refractivity contribution in [3.8, 4) is 0 Å². The van der Waals surface area contributed by atoms with Gasteiger partial charge in [-0.05, 0) is 24.7 Å². The topological polar surface area (TPSA) is 34.1 Å². The maximum atomic E-state index is 12.4. The SMILES string of the molecule is CC(C)CC(CC(C)C)C(=O)C(=O)c1ccccc1. The maximum Gasteiger partial charge on any atom is 0.228 e. The monoisotopic (exact) mass is 260 g/mol. The Balaban J connectivity index is 2.84. The third-order valence-electron chi connectivity index (χ3n) is 3.14. The number of rotatable bonds is 7. The summed E-state index contributed by atoms with van der Waals surface area (Å²) in [7, 11) is 0. The molecule has 1 aromatic rings. The Kier molecular flexibility index (Phi) is 5.94. The summed E-state index contributed by atoms with van der Waals surface area (Å²) >= 11 is 0. The zero-order chi connectivity index (χ0) is 14.4. The largest absolute Gasteiger partial charge is 0.290 e. The molecule has 0 bridgehead atoms. The minimum Gasteiger partial charge on any atom is -0.290 e. The molecule has 104 valence electrons. The number of hydrogen-bond donors (Lipinski definition) is 0. The van der Waals surface area contributed by atoms with Crippen LogP contribution in [-0.4, -0.2) is 11.6 Å². The van der Waals surface area contributed by atoms with E-state index in [1.165, 1.54) is 0 Å². The first-order valence-electron chi connectivity index (χ1n) is 7.05. The summed E-state index contributed by atoms with van der Waals surface area (Å²) in [5, 5.41) is 0. The second-order valence-electron chi connectivity index (χ2n) is 6.02. The molecular weight excluding hydrogens is 236 g/mol. The highest BCUT2D eigenvalue weighted by atomic mass is 16.2. The highest BCUT2D eigenvalue weighted by Gasteiger charge is 2.27. The first-order chi connectivity index (χ1) is 8.91. The van der Waals surface area contributed by atoms with Crippen molar-refractivity contribution in [2.45, 2.75) is 40.5 Å². The van der Waals surface area contributed by atoms with Crippen molar-refractivity contribution in [3.05, 3.63) is 35.9 Å². The Morgan fingerprint density at radius 2 is 1.37 bits per heavy atom. The van der Waals surface area contributed by atoms with Crippen molar-refractivity contribution < 1.29 is 9.59 Å². The van der Waals surface area contributed by atoms with Gasteiger partial charge in [0.15, 0.2) is 0 Å². The van der Waals surface area contributed by atoms with Gasteiger partial charge < -0.3 is 0 Å². The molecule has 2 heteroatoms. The smallest absolute Gasteiger partial charge is 0.228 e. The second kappa shape index (κ2) is 7.22. The number of hydrogen-bond acceptors (Lipinski definition) is 2. The van der Waals surface area contributed by atoms with E-state index in [0.29, 0.717) is 17.4 Å². The van der Waals surface area contributed by atoms with Gasteiger partial charge in [-0.2, -0.15) is 0 Å². The molecule has 0 saturated heterocycles. The Morgan fingerprint density at radius 3 is 1.79 bits per heavy atom. The summed E-state index contributed by atoms with van der Waals surface area (Å²) in [6, 6.07) is 8.85. The van der Waals surface area contributed by atoms with Crippen LogP contribution in [0.15, 0.2) is 30.3 Å². The van der Waals surface area contributed by atoms with Crippen LogP contribution in [0.4, 0.5) is 0 Å². The van der Waals surface area contributed by atoms with E-state index in [4.69, 9.17) is 0 Å². The summed E-state index contributed by atoms with van der Waals surface area (Å²) in [6.07, 6.45) is 1.57. The number of benzene rings is 1. The normalized spacial score (nSPS) is 11.3. The van der Waals surface area contributed by atoms with Crippen LogP contribution in [-0.2, 0) is 4.79 Å². The van der Waals surface area contributed by atoms with Crippen LogP contribution in [0, 0.1) is 17.8 Å². The van der Waals surface area contributed by atoms with Crippen molar-refractivity contribution in [3.63, 3.8) is 0 Å². The van der Waals surface area contributed by atoms with Crippen LogP contribution in [0.2, 0.25) is 0 Å². The highest BCUT2D eigenvalue weighted by Crippen LogP contribution is 2.22. The summed E-state index contributed by atoms with van der Waals surface area (Å²) in [4.78, 5) is 24.6. The van der Waals surface area contributed by atoms with Gasteiger partial charge in [-0.1, -0.05) is 58.0 Å². The van der Waals surface area contributed by atoms with Crippen molar-refractivity contribution in [1.29, 1.82) is 0 Å². The van der Waals surface area contributed by atoms with E-state index in [2.05, 4.69) is 27.7 Å². The number of ketones is 2. The Bertz CT molecular complexity index is 408. The molecule has 0 heterocycles. The lowest BCUT2D eigenvalue weighted by Crippen LogP contribution is -2.26. The molecule has 0 unspecified atom stereocenters. The van der Waals surface area contributed by atoms with Crippen LogP contribution >= 0.6 is 0 Å². The van der Waals surface area contributed by atoms with Gasteiger partial charge in [-0.3, -0.25) is 9.59 Å². The first-order valence-corrected chi connectivity index (χ1v) is 7.05. The molecule has 0 saturated carbocycles. The van der Waals surface area contributed by atoms with Crippen molar-refractivity contribution >= 4 is 11.6 Å². The molecule has 19 heavy (non-hydrogen) atoms. The van der Waals surface area contributed by atoms with Gasteiger partial charge in [0.2, 0.25) is 11.6 Å². The second-order valence-corrected chi connectivity index (χ2v) is 6.02. The molecule has 1 aromatic carbocycles. The number of carbonyl (C=O) groups is 2. The quantitative estimate of drug-likeness (QED) is 0.545. The van der Waals surface area contributed by atoms with Crippen LogP contribution in [0.25, 0.3) is 0 Å². The fraction of sp³-hybridized carbons (Fsp3) is 0.529. The molecular formula is C17H24O2. The molecule has 0 radical (unpaired) electrons. The lowest BCUT2D eigenvalue weighted by Gasteiger charge is -2.19. The zero-order valence-corrected chi connectivity index (χ0v) is 12.3. The van der Waals surface area contributed by atoms with E-state index in [-0.39, 0.29) is 17.5 Å². The van der Waals surface area contributed by atoms with Gasteiger partial charge in [0, 0.05) is 11.5 Å². The Hall–Kier alpha value is -1.44. The van der Waals surface area contributed by atoms with Crippen molar-refractivity contribution in [1.82, 2.24) is 0 Å². The molecule has 0 atom stereocenters. The molecule has 0 aromatic heterocycles. The lowest BCUT2D eigenvalue weighted by molar-refractivity contribution is -0.119. The molecule has 0 amide bonds. The predicted octanol–water partition coefficient (Wildman–Crippen LogP) is 4.15. The Labute approximate surface area is 116 Å². The maximum absolute atomic E-state index is 12.4. The molecule has 0 fully saturated rings. The summed E-state index contributed by atoms with van der Waals surface area (Å²) in [5.74, 6) is 0.140. The fourth-order valence-corrected chi connectivity index (χ4v) is 2.37. The van der Waals surface area contributed by atoms with E-state index < -0.39 is 0 Å². The molecule has 0 aliphatic rings. The van der Waals surface area contributed by atoms with Gasteiger partial charge in [0.25, 0.3) is 0 Å². The predicted molar refractivity (Wildman–Crippen MR) is 78.2 cm³/mol. The third kappa shape index (κ3) is 4.98. The fourth-order valence-electron chi connectivity index (χ4n) is 2.37. The number of carbonyl (C=O) groups excluding carboxylic acids is 2. The van der Waals surface area contributed by atoms with E-state index >= 15 is 0 Å². The average Bonchev–Trinajstić information content (AvgIpc) is 2.36. The standard InChI is InChI=1S/C17H24O2/c1-12(2)10-15(11-13(3)4)17(19)16(18)14-8-6-5-7-9-14/h5-9,12-13,15H,10-11H2,1-4H3. The van der Waals surface area contributed by atoms with E-state index in [0.717, 1.165) is 12.8 Å². The lowest BCUT2D eigenvalue weighted by atomic mass is 9.84. The number of Topliss-reactive ketones (excluding diaryl/α,β-unsaturated/α-hetero) is 2. The van der Waals surface area contributed by atoms with Gasteiger partial charge in [0.1, 0.15) is 0 Å². The van der Waals surface area contributed by atoms with E-state index in [1.807, 2.05) is 6.07 Å². The summed E-state index contributed by atoms with van der Waals surface area (Å²) < 4.78 is 0. The van der Waals surface area contributed by atoms with E-state index in [9.17, 15) is 9.59 Å². The van der Waals surface area contributed by atoms with Crippen LogP contribution in [0.1, 0.15) is 50.9 Å². The summed E-state index contributed by atoms with van der Waals surface area (Å²) in [6.45, 7) is 8.36.